The van der Waals surface area contributed by atoms with Crippen molar-refractivity contribution >= 4 is 82.5 Å². The molecule has 568 valence electrons. The Kier molecular flexibility index (Phi) is 27.7. The lowest BCUT2D eigenvalue weighted by atomic mass is 9.84. The van der Waals surface area contributed by atoms with E-state index in [0.717, 1.165) is 74.8 Å². The Morgan fingerprint density at radius 3 is 1.86 bits per heavy atom. The smallest absolute Gasteiger partial charge is 0.376 e. The number of likely N-dealkylation sites (N-methyl/N-ethyl adjacent to an activating group) is 6. The van der Waals surface area contributed by atoms with E-state index in [2.05, 4.69) is 16.0 Å². The van der Waals surface area contributed by atoms with Crippen LogP contribution < -0.4 is 16.0 Å². The van der Waals surface area contributed by atoms with Gasteiger partial charge in [-0.1, -0.05) is 90.3 Å². The lowest BCUT2D eigenvalue weighted by molar-refractivity contribution is -0.160. The number of piperidine rings is 1. The van der Waals surface area contributed by atoms with Gasteiger partial charge in [0.05, 0.1) is 36.3 Å². The summed E-state index contributed by atoms with van der Waals surface area (Å²) >= 11 is 6.16. The predicted molar refractivity (Wildman–Crippen MR) is 373 cm³/mol. The number of rotatable bonds is 12. The molecule has 29 heteroatoms. The van der Waals surface area contributed by atoms with Crippen molar-refractivity contribution in [3.05, 3.63) is 34.3 Å². The number of fused-ring (bicyclic) bond motifs is 2. The molecule has 8 rings (SSSR count). The standard InChI is InChI=1S/C73H110ClF3N12O13/c1-44(2)38-56-62(92)79-53(43-102-49-24-20-25-49)65(95)82(7)46(5)64(94)89-37-31-55(89)68(98)84(9)57(40-47-22-14-12-15-23-47)67(97)81(6)42-59(90)78-52(30-28-48-27-29-50(51(74)39-48)73(75,76)77)66(96)88-36-21-26-54(88)63(93)80-72(32-16-17-33-72)71(101)86(11)61(45(3)4)70(100)85(10)58(41-60(91)83(56)8)69(99)87-34-18-13-19-35-87/h27,29,39,44-47,49,52-58,61H,12-26,28,30-38,40-43H2,1-11H3,(H,78,90)(H,79,92)(H,80,93)/t46-,52-,53-,54-,55-,56-,57-,58-,61-/m0/s1. The number of amides is 12. The van der Waals surface area contributed by atoms with Crippen molar-refractivity contribution in [2.24, 2.45) is 17.8 Å². The molecular formula is C73H110ClF3N12O13. The molecule has 4 saturated heterocycles. The van der Waals surface area contributed by atoms with Crippen molar-refractivity contribution in [2.75, 3.05) is 81.6 Å². The number of carbonyl (C=O) groups is 12. The fourth-order valence-corrected chi connectivity index (χ4v) is 16.1. The molecule has 1 aromatic rings. The minimum Gasteiger partial charge on any atom is -0.376 e. The molecule has 3 N–H and O–H groups in total. The molecule has 3 saturated carbocycles. The Bertz CT molecular complexity index is 3230. The third-order valence-corrected chi connectivity index (χ3v) is 22.9. The average molecular weight is 1460 g/mol. The first-order valence-electron chi connectivity index (χ1n) is 37.0. The molecular weight excluding hydrogens is 1350 g/mol. The van der Waals surface area contributed by atoms with E-state index in [9.17, 15) is 41.9 Å². The highest BCUT2D eigenvalue weighted by molar-refractivity contribution is 6.31. The number of nitrogens with zero attached hydrogens (tertiary/aromatic N) is 9. The molecule has 4 aliphatic heterocycles. The zero-order valence-corrected chi connectivity index (χ0v) is 62.3. The van der Waals surface area contributed by atoms with Gasteiger partial charge in [-0.15, -0.1) is 0 Å². The van der Waals surface area contributed by atoms with Gasteiger partial charge in [-0.25, -0.2) is 0 Å². The Balaban J connectivity index is 1.17. The third-order valence-electron chi connectivity index (χ3n) is 22.6. The molecule has 0 unspecified atom stereocenters. The average Bonchev–Trinajstić information content (AvgIpc) is 1.35. The van der Waals surface area contributed by atoms with Crippen LogP contribution >= 0.6 is 11.6 Å². The number of benzene rings is 1. The summed E-state index contributed by atoms with van der Waals surface area (Å²) in [6.45, 7) is 8.66. The predicted octanol–water partition coefficient (Wildman–Crippen LogP) is 5.55. The van der Waals surface area contributed by atoms with E-state index < -0.39 is 166 Å². The number of aryl methyl sites for hydroxylation is 1. The van der Waals surface area contributed by atoms with Gasteiger partial charge in [-0.3, -0.25) is 57.5 Å². The lowest BCUT2D eigenvalue weighted by Gasteiger charge is -2.45. The van der Waals surface area contributed by atoms with Crippen LogP contribution in [0.1, 0.15) is 187 Å². The maximum Gasteiger partial charge on any atom is 0.417 e. The van der Waals surface area contributed by atoms with E-state index in [0.29, 0.717) is 50.8 Å². The largest absolute Gasteiger partial charge is 0.417 e. The second-order valence-electron chi connectivity index (χ2n) is 30.6. The van der Waals surface area contributed by atoms with Crippen molar-refractivity contribution in [1.29, 1.82) is 0 Å². The number of nitrogens with one attached hydrogen (secondary N) is 3. The van der Waals surface area contributed by atoms with Crippen LogP contribution in [0.2, 0.25) is 5.02 Å². The van der Waals surface area contributed by atoms with Gasteiger partial charge in [0, 0.05) is 68.5 Å². The second kappa shape index (κ2) is 35.1. The van der Waals surface area contributed by atoms with Crippen LogP contribution in [0.15, 0.2) is 18.2 Å². The summed E-state index contributed by atoms with van der Waals surface area (Å²) < 4.78 is 47.8. The Morgan fingerprint density at radius 1 is 0.627 bits per heavy atom. The molecule has 1 spiro atoms. The molecule has 4 heterocycles. The quantitative estimate of drug-likeness (QED) is 0.232. The Morgan fingerprint density at radius 2 is 1.27 bits per heavy atom. The summed E-state index contributed by atoms with van der Waals surface area (Å²) in [7, 11) is 8.55. The maximum absolute atomic E-state index is 15.5. The van der Waals surface area contributed by atoms with Crippen LogP contribution in [0, 0.1) is 17.8 Å². The first-order chi connectivity index (χ1) is 48.2. The van der Waals surface area contributed by atoms with E-state index in [1.165, 1.54) is 89.6 Å². The monoisotopic (exact) mass is 1450 g/mol. The minimum absolute atomic E-state index is 0.0162. The van der Waals surface area contributed by atoms with Crippen LogP contribution in [0.5, 0.6) is 0 Å². The van der Waals surface area contributed by atoms with Gasteiger partial charge < -0.3 is 64.8 Å². The molecule has 0 radical (unpaired) electrons. The fraction of sp³-hybridized carbons (Fsp3) is 0.753. The summed E-state index contributed by atoms with van der Waals surface area (Å²) in [6.07, 6.45) is 5.38. The molecule has 25 nitrogen and oxygen atoms in total. The van der Waals surface area contributed by atoms with Crippen LogP contribution in [0.25, 0.3) is 0 Å². The van der Waals surface area contributed by atoms with Crippen molar-refractivity contribution in [3.63, 3.8) is 0 Å². The van der Waals surface area contributed by atoms with Crippen LogP contribution in [0.3, 0.4) is 0 Å². The molecule has 1 aromatic carbocycles. The molecule has 12 amide bonds. The topological polar surface area (TPSA) is 279 Å². The van der Waals surface area contributed by atoms with Crippen molar-refractivity contribution in [1.82, 2.24) is 60.0 Å². The van der Waals surface area contributed by atoms with Gasteiger partial charge in [-0.05, 0) is 139 Å². The van der Waals surface area contributed by atoms with Gasteiger partial charge in [0.25, 0.3) is 0 Å². The van der Waals surface area contributed by atoms with Crippen LogP contribution in [0.4, 0.5) is 13.2 Å². The molecule has 0 bridgehead atoms. The highest BCUT2D eigenvalue weighted by Crippen LogP contribution is 2.38. The summed E-state index contributed by atoms with van der Waals surface area (Å²) in [5.74, 6) is -8.64. The number of halogens is 4. The molecule has 7 fully saturated rings. The first-order valence-corrected chi connectivity index (χ1v) is 37.4. The number of likely N-dealkylation sites (tertiary alicyclic amines) is 1. The Labute approximate surface area is 603 Å². The highest BCUT2D eigenvalue weighted by atomic mass is 35.5. The lowest BCUT2D eigenvalue weighted by Crippen LogP contribution is -2.65. The highest BCUT2D eigenvalue weighted by Gasteiger charge is 2.52. The van der Waals surface area contributed by atoms with Gasteiger partial charge in [0.15, 0.2) is 0 Å². The van der Waals surface area contributed by atoms with Crippen molar-refractivity contribution in [2.45, 2.75) is 254 Å². The van der Waals surface area contributed by atoms with E-state index in [4.69, 9.17) is 16.3 Å². The molecule has 102 heavy (non-hydrogen) atoms. The fourth-order valence-electron chi connectivity index (χ4n) is 15.8. The molecule has 3 aliphatic carbocycles. The number of carbonyl (C=O) groups excluding carboxylic acids is 12. The van der Waals surface area contributed by atoms with E-state index >= 15 is 28.8 Å². The molecule has 7 aliphatic rings. The number of hydrogen-bond donors (Lipinski definition) is 3. The van der Waals surface area contributed by atoms with Gasteiger partial charge >= 0.3 is 6.18 Å². The summed E-state index contributed by atoms with van der Waals surface area (Å²) in [6, 6.07) is -8.14. The first kappa shape index (κ1) is 80.6. The van der Waals surface area contributed by atoms with Gasteiger partial charge in [0.1, 0.15) is 59.9 Å². The summed E-state index contributed by atoms with van der Waals surface area (Å²) in [5, 5.41) is 8.09. The molecule has 9 atom stereocenters. The van der Waals surface area contributed by atoms with Crippen molar-refractivity contribution < 1.29 is 75.4 Å². The number of alkyl halides is 3. The van der Waals surface area contributed by atoms with Crippen molar-refractivity contribution in [3.8, 4) is 0 Å². The van der Waals surface area contributed by atoms with Gasteiger partial charge in [0.2, 0.25) is 70.9 Å². The second-order valence-corrected chi connectivity index (χ2v) is 31.0. The number of ether oxygens (including phenoxy) is 1. The Hall–Kier alpha value is -7.10. The van der Waals surface area contributed by atoms with Gasteiger partial charge in [-0.2, -0.15) is 13.2 Å². The van der Waals surface area contributed by atoms with Crippen LogP contribution in [-0.2, 0) is 74.9 Å². The minimum atomic E-state index is -4.76. The SMILES string of the molecule is CC(C)C[C@H]1C(=O)N[C@@H](COC2CCC2)C(=O)N(C)[C@@H](C)C(=O)N2CC[C@H]2C(=O)N(C)[C@@H](CC2CCCCC2)C(=O)N(C)CC(=O)N[C@@H](CCc2ccc(C(F)(F)F)c(Cl)c2)C(=O)N2CCC[C@H]2C(=O)NC2(CCCC2)C(=O)N(C)[C@@H](C(C)C)C(=O)N(C)[C@H](C(=O)N2CCCCC2)CC(=O)N1C. The third kappa shape index (κ3) is 19.1. The van der Waals surface area contributed by atoms with Crippen LogP contribution in [-0.4, -0.2) is 263 Å². The summed E-state index contributed by atoms with van der Waals surface area (Å²) in [4.78, 5) is 192. The summed E-state index contributed by atoms with van der Waals surface area (Å²) in [5.41, 5.74) is -2.36. The van der Waals surface area contributed by atoms with E-state index in [-0.39, 0.29) is 89.0 Å². The normalized spacial score (nSPS) is 28.0. The van der Waals surface area contributed by atoms with E-state index in [1.807, 2.05) is 13.8 Å². The zero-order chi connectivity index (χ0) is 74.8. The maximum atomic E-state index is 15.5. The van der Waals surface area contributed by atoms with E-state index in [1.54, 1.807) is 18.7 Å². The zero-order valence-electron chi connectivity index (χ0n) is 61.6. The molecule has 0 aromatic heterocycles. The number of hydrogen-bond acceptors (Lipinski definition) is 13.